The van der Waals surface area contributed by atoms with Gasteiger partial charge in [-0.1, -0.05) is 26.0 Å². The third-order valence-electron chi connectivity index (χ3n) is 6.23. The highest BCUT2D eigenvalue weighted by molar-refractivity contribution is 5.95. The van der Waals surface area contributed by atoms with Gasteiger partial charge in [-0.25, -0.2) is 19.0 Å². The van der Waals surface area contributed by atoms with Crippen LogP contribution in [0.15, 0.2) is 42.7 Å². The Morgan fingerprint density at radius 3 is 2.52 bits per heavy atom. The third-order valence-corrected chi connectivity index (χ3v) is 6.23. The van der Waals surface area contributed by atoms with Gasteiger partial charge in [0.25, 0.3) is 11.9 Å². The Morgan fingerprint density at radius 2 is 1.85 bits per heavy atom. The van der Waals surface area contributed by atoms with Crippen LogP contribution in [-0.2, 0) is 0 Å². The first-order valence-corrected chi connectivity index (χ1v) is 11.7. The Kier molecular flexibility index (Phi) is 7.13. The number of halogens is 1. The second kappa shape index (κ2) is 10.2. The molecule has 4 rings (SSSR count). The highest BCUT2D eigenvalue weighted by Gasteiger charge is 2.34. The van der Waals surface area contributed by atoms with Crippen LogP contribution in [0, 0.1) is 5.82 Å². The summed E-state index contributed by atoms with van der Waals surface area (Å²) in [5, 5.41) is 4.51. The Hall–Kier alpha value is -3.13. The second-order valence-electron chi connectivity index (χ2n) is 8.26. The lowest BCUT2D eigenvalue weighted by atomic mass is 10.1. The number of hydrogen-bond donors (Lipinski definition) is 0. The van der Waals surface area contributed by atoms with Gasteiger partial charge in [-0.05, 0) is 51.1 Å². The molecule has 0 atom stereocenters. The summed E-state index contributed by atoms with van der Waals surface area (Å²) in [6.07, 6.45) is 5.25. The topological polar surface area (TPSA) is 67.2 Å². The fourth-order valence-electron chi connectivity index (χ4n) is 4.08. The highest BCUT2D eigenvalue weighted by Crippen LogP contribution is 2.42. The van der Waals surface area contributed by atoms with E-state index in [-0.39, 0.29) is 17.6 Å². The Morgan fingerprint density at radius 1 is 1.09 bits per heavy atom. The van der Waals surface area contributed by atoms with Crippen molar-refractivity contribution in [2.24, 2.45) is 0 Å². The van der Waals surface area contributed by atoms with Crippen molar-refractivity contribution in [1.29, 1.82) is 0 Å². The van der Waals surface area contributed by atoms with Crippen molar-refractivity contribution in [3.63, 3.8) is 0 Å². The van der Waals surface area contributed by atoms with Crippen molar-refractivity contribution in [3.8, 4) is 17.2 Å². The summed E-state index contributed by atoms with van der Waals surface area (Å²) in [7, 11) is 0. The van der Waals surface area contributed by atoms with Crippen LogP contribution < -0.4 is 0 Å². The van der Waals surface area contributed by atoms with Gasteiger partial charge in [-0.3, -0.25) is 4.79 Å². The molecule has 0 bridgehead atoms. The normalized spacial score (nSPS) is 13.5. The van der Waals surface area contributed by atoms with E-state index in [2.05, 4.69) is 33.8 Å². The lowest BCUT2D eigenvalue weighted by Crippen LogP contribution is -2.38. The fourth-order valence-corrected chi connectivity index (χ4v) is 4.08. The standard InChI is InChI=1S/C25H31FN6O/c1-4-30(5-2)15-16-31(6-3)24(33)20-17-28-32(23(20)18-11-12-18)25-27-14-13-22(29-25)19-9-7-8-10-21(19)26/h7-10,13-14,17-18H,4-6,11-12,15-16H2,1-3H3. The monoisotopic (exact) mass is 450 g/mol. The molecule has 174 valence electrons. The maximum atomic E-state index is 14.3. The predicted molar refractivity (Wildman–Crippen MR) is 126 cm³/mol. The van der Waals surface area contributed by atoms with Crippen LogP contribution in [0.4, 0.5) is 4.39 Å². The molecule has 0 radical (unpaired) electrons. The van der Waals surface area contributed by atoms with Gasteiger partial charge < -0.3 is 9.80 Å². The fraction of sp³-hybridized carbons (Fsp3) is 0.440. The largest absolute Gasteiger partial charge is 0.338 e. The van der Waals surface area contributed by atoms with Gasteiger partial charge in [0, 0.05) is 37.3 Å². The van der Waals surface area contributed by atoms with Crippen molar-refractivity contribution in [1.82, 2.24) is 29.5 Å². The molecule has 0 N–H and O–H groups in total. The average molecular weight is 451 g/mol. The number of benzene rings is 1. The number of hydrogen-bond acceptors (Lipinski definition) is 5. The third kappa shape index (κ3) is 4.95. The van der Waals surface area contributed by atoms with Gasteiger partial charge in [0.15, 0.2) is 0 Å². The molecule has 0 saturated heterocycles. The minimum atomic E-state index is -0.340. The van der Waals surface area contributed by atoms with E-state index >= 15 is 0 Å². The molecule has 1 aliphatic rings. The zero-order valence-corrected chi connectivity index (χ0v) is 19.5. The maximum Gasteiger partial charge on any atom is 0.257 e. The van der Waals surface area contributed by atoms with E-state index < -0.39 is 0 Å². The van der Waals surface area contributed by atoms with Crippen molar-refractivity contribution in [3.05, 3.63) is 59.8 Å². The number of nitrogens with zero attached hydrogens (tertiary/aromatic N) is 6. The molecule has 0 aliphatic heterocycles. The van der Waals surface area contributed by atoms with E-state index in [4.69, 9.17) is 0 Å². The first-order valence-electron chi connectivity index (χ1n) is 11.7. The first kappa shape index (κ1) is 23.0. The Balaban J connectivity index is 1.65. The van der Waals surface area contributed by atoms with E-state index in [1.165, 1.54) is 6.07 Å². The molecule has 1 fully saturated rings. The van der Waals surface area contributed by atoms with Crippen molar-refractivity contribution in [2.75, 3.05) is 32.7 Å². The molecule has 1 saturated carbocycles. The van der Waals surface area contributed by atoms with E-state index in [0.717, 1.165) is 38.2 Å². The first-order chi connectivity index (χ1) is 16.1. The van der Waals surface area contributed by atoms with Crippen LogP contribution in [-0.4, -0.2) is 68.2 Å². The molecule has 2 heterocycles. The zero-order chi connectivity index (χ0) is 23.4. The molecule has 1 amide bonds. The maximum absolute atomic E-state index is 14.3. The van der Waals surface area contributed by atoms with Gasteiger partial charge in [-0.2, -0.15) is 5.10 Å². The Labute approximate surface area is 194 Å². The molecule has 8 heteroatoms. The summed E-state index contributed by atoms with van der Waals surface area (Å²) < 4.78 is 16.0. The number of carbonyl (C=O) groups excluding carboxylic acids is 1. The Bertz CT molecular complexity index is 1110. The molecule has 0 unspecified atom stereocenters. The summed E-state index contributed by atoms with van der Waals surface area (Å²) in [5.41, 5.74) is 2.36. The number of carbonyl (C=O) groups is 1. The van der Waals surface area contributed by atoms with E-state index in [1.54, 1.807) is 41.3 Å². The van der Waals surface area contributed by atoms with Crippen LogP contribution >= 0.6 is 0 Å². The van der Waals surface area contributed by atoms with Crippen LogP contribution in [0.3, 0.4) is 0 Å². The van der Waals surface area contributed by atoms with Crippen molar-refractivity contribution < 1.29 is 9.18 Å². The predicted octanol–water partition coefficient (Wildman–Crippen LogP) is 4.15. The zero-order valence-electron chi connectivity index (χ0n) is 19.5. The van der Waals surface area contributed by atoms with E-state index in [9.17, 15) is 9.18 Å². The van der Waals surface area contributed by atoms with Crippen LogP contribution in [0.1, 0.15) is 55.6 Å². The number of aromatic nitrogens is 4. The molecule has 3 aromatic rings. The van der Waals surface area contributed by atoms with Crippen LogP contribution in [0.25, 0.3) is 17.2 Å². The van der Waals surface area contributed by atoms with E-state index in [0.29, 0.717) is 35.9 Å². The van der Waals surface area contributed by atoms with Gasteiger partial charge in [0.2, 0.25) is 0 Å². The summed E-state index contributed by atoms with van der Waals surface area (Å²) in [6, 6.07) is 8.21. The summed E-state index contributed by atoms with van der Waals surface area (Å²) >= 11 is 0. The minimum Gasteiger partial charge on any atom is -0.338 e. The van der Waals surface area contributed by atoms with Crippen molar-refractivity contribution in [2.45, 2.75) is 39.5 Å². The molecule has 7 nitrogen and oxygen atoms in total. The smallest absolute Gasteiger partial charge is 0.257 e. The molecule has 1 aliphatic carbocycles. The summed E-state index contributed by atoms with van der Waals surface area (Å²) in [6.45, 7) is 10.3. The molecule has 2 aromatic heterocycles. The molecular formula is C25H31FN6O. The van der Waals surface area contributed by atoms with Crippen LogP contribution in [0.5, 0.6) is 0 Å². The average Bonchev–Trinajstić information content (AvgIpc) is 3.59. The van der Waals surface area contributed by atoms with Gasteiger partial charge in [-0.15, -0.1) is 0 Å². The SMILES string of the molecule is CCN(CC)CCN(CC)C(=O)c1cnn(-c2nccc(-c3ccccc3F)n2)c1C1CC1. The summed E-state index contributed by atoms with van der Waals surface area (Å²) in [4.78, 5) is 26.6. The van der Waals surface area contributed by atoms with Gasteiger partial charge >= 0.3 is 0 Å². The lowest BCUT2D eigenvalue weighted by Gasteiger charge is -2.25. The highest BCUT2D eigenvalue weighted by atomic mass is 19.1. The number of amides is 1. The summed E-state index contributed by atoms with van der Waals surface area (Å²) in [5.74, 6) is 0.257. The van der Waals surface area contributed by atoms with E-state index in [1.807, 2.05) is 11.8 Å². The minimum absolute atomic E-state index is 0.0111. The molecule has 1 aromatic carbocycles. The lowest BCUT2D eigenvalue weighted by molar-refractivity contribution is 0.0745. The quantitative estimate of drug-likeness (QED) is 0.464. The number of rotatable bonds is 10. The second-order valence-corrected chi connectivity index (χ2v) is 8.26. The molecular weight excluding hydrogens is 419 g/mol. The van der Waals surface area contributed by atoms with Gasteiger partial charge in [0.1, 0.15) is 5.82 Å². The van der Waals surface area contributed by atoms with Gasteiger partial charge in [0.05, 0.1) is 23.1 Å². The van der Waals surface area contributed by atoms with Crippen molar-refractivity contribution >= 4 is 5.91 Å². The molecule has 0 spiro atoms. The van der Waals surface area contributed by atoms with Crippen LogP contribution in [0.2, 0.25) is 0 Å². The number of likely N-dealkylation sites (N-methyl/N-ethyl adjacent to an activating group) is 2. The molecule has 33 heavy (non-hydrogen) atoms.